The third-order valence-corrected chi connectivity index (χ3v) is 4.90. The number of aryl methyl sites for hydroxylation is 1. The summed E-state index contributed by atoms with van der Waals surface area (Å²) >= 11 is 4.34. The van der Waals surface area contributed by atoms with Gasteiger partial charge in [-0.1, -0.05) is 49.3 Å². The molecular weight excluding hydrogens is 338 g/mol. The monoisotopic (exact) mass is 367 g/mol. The topological polar surface area (TPSA) is 30.0 Å². The van der Waals surface area contributed by atoms with Crippen LogP contribution in [0, 0.1) is 6.92 Å². The van der Waals surface area contributed by atoms with Crippen molar-refractivity contribution in [2.75, 3.05) is 0 Å². The van der Waals surface area contributed by atoms with Crippen LogP contribution in [0.5, 0.6) is 0 Å². The predicted octanol–water partition coefficient (Wildman–Crippen LogP) is 6.63. The van der Waals surface area contributed by atoms with Crippen LogP contribution >= 0.6 is 12.6 Å². The molecule has 1 aliphatic carbocycles. The summed E-state index contributed by atoms with van der Waals surface area (Å²) in [7, 11) is 0. The first-order chi connectivity index (χ1) is 12.6. The van der Waals surface area contributed by atoms with E-state index in [0.717, 1.165) is 55.4 Å². The Balaban J connectivity index is 0.000000189. The zero-order valence-corrected chi connectivity index (χ0v) is 16.8. The Morgan fingerprint density at radius 1 is 1.19 bits per heavy atom. The number of unbranched alkanes of at least 4 members (excludes halogenated alkanes) is 1. The van der Waals surface area contributed by atoms with E-state index in [2.05, 4.69) is 55.8 Å². The van der Waals surface area contributed by atoms with E-state index < -0.39 is 0 Å². The number of ketones is 1. The number of hydrogen-bond donors (Lipinski definition) is 1. The fourth-order valence-corrected chi connectivity index (χ4v) is 3.20. The Bertz CT molecular complexity index is 751. The Hall–Kier alpha value is -1.87. The number of thiol groups is 1. The lowest BCUT2D eigenvalue weighted by atomic mass is 10.00. The van der Waals surface area contributed by atoms with Gasteiger partial charge in [-0.05, 0) is 50.3 Å². The fraction of sp³-hybridized carbons (Fsp3) is 0.391. The van der Waals surface area contributed by atoms with Crippen LogP contribution in [0.15, 0.2) is 59.2 Å². The summed E-state index contributed by atoms with van der Waals surface area (Å²) in [6.45, 7) is 4.21. The fourth-order valence-electron chi connectivity index (χ4n) is 2.93. The number of aromatic nitrogens is 1. The van der Waals surface area contributed by atoms with E-state index in [1.807, 2.05) is 24.4 Å². The van der Waals surface area contributed by atoms with Crippen LogP contribution in [0.3, 0.4) is 0 Å². The Labute approximate surface area is 162 Å². The first-order valence-corrected chi connectivity index (χ1v) is 9.97. The number of carbonyl (C=O) groups excluding carboxylic acids is 1. The predicted molar refractivity (Wildman–Crippen MR) is 114 cm³/mol. The molecule has 0 aliphatic heterocycles. The van der Waals surface area contributed by atoms with Crippen molar-refractivity contribution in [3.8, 4) is 0 Å². The molecule has 0 bridgehead atoms. The molecule has 2 aromatic rings. The molecule has 0 atom stereocenters. The van der Waals surface area contributed by atoms with Crippen LogP contribution in [-0.4, -0.2) is 10.8 Å². The molecule has 138 valence electrons. The second-order valence-corrected chi connectivity index (χ2v) is 7.18. The number of carbonyl (C=O) groups is 1. The molecule has 1 aliphatic rings. The smallest absolute Gasteiger partial charge is 0.133 e. The first kappa shape index (κ1) is 20.4. The second kappa shape index (κ2) is 11.0. The third kappa shape index (κ3) is 6.45. The highest BCUT2D eigenvalue weighted by atomic mass is 32.1. The zero-order valence-electron chi connectivity index (χ0n) is 15.9. The summed E-state index contributed by atoms with van der Waals surface area (Å²) < 4.78 is 0. The summed E-state index contributed by atoms with van der Waals surface area (Å²) in [6.07, 6.45) is 15.4. The largest absolute Gasteiger partial charge is 0.300 e. The average molecular weight is 368 g/mol. The maximum atomic E-state index is 11.4. The molecule has 1 aromatic heterocycles. The van der Waals surface area contributed by atoms with Gasteiger partial charge in [0, 0.05) is 29.3 Å². The van der Waals surface area contributed by atoms with Crippen molar-refractivity contribution in [2.45, 2.75) is 63.7 Å². The molecule has 1 aromatic carbocycles. The summed E-state index contributed by atoms with van der Waals surface area (Å²) in [6, 6.07) is 8.03. The molecule has 0 amide bonds. The maximum Gasteiger partial charge on any atom is 0.133 e. The van der Waals surface area contributed by atoms with Gasteiger partial charge in [-0.25, -0.2) is 0 Å². The number of pyridine rings is 1. The van der Waals surface area contributed by atoms with Gasteiger partial charge in [-0.3, -0.25) is 9.78 Å². The minimum atomic E-state index is 0.423. The molecule has 0 radical (unpaired) electrons. The Kier molecular flexibility index (Phi) is 8.63. The second-order valence-electron chi connectivity index (χ2n) is 6.70. The van der Waals surface area contributed by atoms with Crippen molar-refractivity contribution in [3.05, 3.63) is 59.8 Å². The van der Waals surface area contributed by atoms with E-state index >= 15 is 0 Å². The number of benzene rings is 1. The van der Waals surface area contributed by atoms with Gasteiger partial charge in [0.1, 0.15) is 5.78 Å². The van der Waals surface area contributed by atoms with Crippen LogP contribution in [-0.2, 0) is 4.79 Å². The number of Topliss-reactive ketones (excluding diaryl/α,β-unsaturated/α-hetero) is 1. The number of nitrogens with zero attached hydrogens (tertiary/aromatic N) is 1. The molecule has 2 nitrogen and oxygen atoms in total. The van der Waals surface area contributed by atoms with Crippen molar-refractivity contribution in [2.24, 2.45) is 0 Å². The minimum Gasteiger partial charge on any atom is -0.300 e. The molecule has 3 heteroatoms. The normalized spacial score (nSPS) is 13.1. The summed E-state index contributed by atoms with van der Waals surface area (Å²) in [5, 5.41) is 1.19. The number of rotatable bonds is 6. The molecule has 3 rings (SSSR count). The maximum absolute atomic E-state index is 11.4. The molecule has 0 fully saturated rings. The van der Waals surface area contributed by atoms with Crippen molar-refractivity contribution in [1.82, 2.24) is 4.98 Å². The molecule has 0 N–H and O–H groups in total. The van der Waals surface area contributed by atoms with Gasteiger partial charge in [0.05, 0.1) is 5.52 Å². The first-order valence-electron chi connectivity index (χ1n) is 9.52. The van der Waals surface area contributed by atoms with E-state index in [9.17, 15) is 4.79 Å². The summed E-state index contributed by atoms with van der Waals surface area (Å²) in [5.74, 6) is 0.423. The van der Waals surface area contributed by atoms with Crippen molar-refractivity contribution >= 4 is 29.3 Å². The van der Waals surface area contributed by atoms with Crippen molar-refractivity contribution < 1.29 is 4.79 Å². The van der Waals surface area contributed by atoms with Gasteiger partial charge in [0.2, 0.25) is 0 Å². The van der Waals surface area contributed by atoms with E-state index in [1.165, 1.54) is 16.5 Å². The quantitative estimate of drug-likeness (QED) is 0.580. The van der Waals surface area contributed by atoms with Crippen LogP contribution < -0.4 is 0 Å². The summed E-state index contributed by atoms with van der Waals surface area (Å²) in [5.41, 5.74) is 3.58. The lowest BCUT2D eigenvalue weighted by Crippen LogP contribution is -1.98. The average Bonchev–Trinajstić information content (AvgIpc) is 2.67. The van der Waals surface area contributed by atoms with Gasteiger partial charge in [0.15, 0.2) is 0 Å². The van der Waals surface area contributed by atoms with E-state index in [1.54, 1.807) is 0 Å². The zero-order chi connectivity index (χ0) is 18.8. The van der Waals surface area contributed by atoms with Gasteiger partial charge in [-0.2, -0.15) is 0 Å². The Morgan fingerprint density at radius 2 is 2.04 bits per heavy atom. The number of hydrogen-bond acceptors (Lipinski definition) is 3. The van der Waals surface area contributed by atoms with E-state index in [-0.39, 0.29) is 0 Å². The molecule has 0 saturated heterocycles. The molecule has 0 unspecified atom stereocenters. The van der Waals surface area contributed by atoms with Crippen molar-refractivity contribution in [3.63, 3.8) is 0 Å². The van der Waals surface area contributed by atoms with Gasteiger partial charge in [-0.15, -0.1) is 12.6 Å². The highest BCUT2D eigenvalue weighted by molar-refractivity contribution is 7.80. The van der Waals surface area contributed by atoms with Crippen LogP contribution in [0.4, 0.5) is 0 Å². The molecule has 0 spiro atoms. The molecular formula is C23H29NOS. The number of para-hydroxylation sites is 1. The number of allylic oxidation sites excluding steroid dienone is 4. The standard InChI is InChI=1S/C13H20O.C10H9NS/c1-2-3-9-13(14)11-10-12-7-5-4-6-8-12;1-7-5-6-11-10-8(7)3-2-4-9(10)12/h5,7-8H,2-4,6,9-11H2,1H3;2-6,12H,1H3. The number of fused-ring (bicyclic) bond motifs is 1. The lowest BCUT2D eigenvalue weighted by Gasteiger charge is -2.05. The SMILES string of the molecule is CCCCC(=O)CCC1=CCCC=C1.Cc1ccnc2c(S)cccc12. The summed E-state index contributed by atoms with van der Waals surface area (Å²) in [4.78, 5) is 16.6. The van der Waals surface area contributed by atoms with Gasteiger partial charge >= 0.3 is 0 Å². The lowest BCUT2D eigenvalue weighted by molar-refractivity contribution is -0.119. The van der Waals surface area contributed by atoms with Crippen LogP contribution in [0.1, 0.15) is 57.4 Å². The minimum absolute atomic E-state index is 0.423. The Morgan fingerprint density at radius 3 is 2.73 bits per heavy atom. The van der Waals surface area contributed by atoms with Crippen LogP contribution in [0.25, 0.3) is 10.9 Å². The third-order valence-electron chi connectivity index (χ3n) is 4.54. The molecule has 26 heavy (non-hydrogen) atoms. The highest BCUT2D eigenvalue weighted by Crippen LogP contribution is 2.21. The van der Waals surface area contributed by atoms with E-state index in [0.29, 0.717) is 5.78 Å². The van der Waals surface area contributed by atoms with Gasteiger partial charge < -0.3 is 0 Å². The molecule has 1 heterocycles. The van der Waals surface area contributed by atoms with Crippen LogP contribution in [0.2, 0.25) is 0 Å². The highest BCUT2D eigenvalue weighted by Gasteiger charge is 2.03. The van der Waals surface area contributed by atoms with E-state index in [4.69, 9.17) is 0 Å². The van der Waals surface area contributed by atoms with Gasteiger partial charge in [0.25, 0.3) is 0 Å². The van der Waals surface area contributed by atoms with Crippen molar-refractivity contribution in [1.29, 1.82) is 0 Å². The molecule has 0 saturated carbocycles.